The zero-order valence-electron chi connectivity index (χ0n) is 15.8. The van der Waals surface area contributed by atoms with Gasteiger partial charge in [0.2, 0.25) is 5.88 Å². The van der Waals surface area contributed by atoms with Crippen LogP contribution in [0.25, 0.3) is 0 Å². The SMILES string of the molecule is NC(=NCc1ccnc(OCc2ccccc2)c1)Nc1ccc2c(c1)CCC2. The van der Waals surface area contributed by atoms with Crippen LogP contribution in [0.3, 0.4) is 0 Å². The second kappa shape index (κ2) is 8.57. The van der Waals surface area contributed by atoms with Crippen molar-refractivity contribution >= 4 is 11.6 Å². The molecule has 0 atom stereocenters. The Kier molecular flexibility index (Phi) is 5.52. The summed E-state index contributed by atoms with van der Waals surface area (Å²) < 4.78 is 5.77. The van der Waals surface area contributed by atoms with E-state index in [9.17, 15) is 0 Å². The van der Waals surface area contributed by atoms with Gasteiger partial charge in [0.25, 0.3) is 0 Å². The number of nitrogens with two attached hydrogens (primary N) is 1. The molecular weight excluding hydrogens is 348 g/mol. The van der Waals surface area contributed by atoms with Gasteiger partial charge in [-0.2, -0.15) is 0 Å². The number of nitrogens with zero attached hydrogens (tertiary/aromatic N) is 2. The van der Waals surface area contributed by atoms with Crippen LogP contribution in [0.4, 0.5) is 5.69 Å². The van der Waals surface area contributed by atoms with Crippen molar-refractivity contribution in [1.29, 1.82) is 0 Å². The highest BCUT2D eigenvalue weighted by atomic mass is 16.5. The first-order valence-corrected chi connectivity index (χ1v) is 9.57. The average Bonchev–Trinajstić information content (AvgIpc) is 3.20. The molecule has 0 spiro atoms. The van der Waals surface area contributed by atoms with E-state index in [0.717, 1.165) is 23.2 Å². The van der Waals surface area contributed by atoms with Gasteiger partial charge in [0.1, 0.15) is 6.61 Å². The molecule has 4 rings (SSSR count). The summed E-state index contributed by atoms with van der Waals surface area (Å²) in [7, 11) is 0. The van der Waals surface area contributed by atoms with Crippen LogP contribution in [0.1, 0.15) is 28.7 Å². The van der Waals surface area contributed by atoms with Crippen molar-refractivity contribution in [3.05, 3.63) is 89.1 Å². The summed E-state index contributed by atoms with van der Waals surface area (Å²) in [5, 5.41) is 3.18. The number of aryl methyl sites for hydroxylation is 2. The Balaban J connectivity index is 1.34. The van der Waals surface area contributed by atoms with Crippen molar-refractivity contribution in [2.75, 3.05) is 5.32 Å². The lowest BCUT2D eigenvalue weighted by molar-refractivity contribution is 0.293. The number of rotatable bonds is 6. The molecule has 1 aliphatic carbocycles. The van der Waals surface area contributed by atoms with Crippen molar-refractivity contribution in [2.45, 2.75) is 32.4 Å². The van der Waals surface area contributed by atoms with E-state index < -0.39 is 0 Å². The topological polar surface area (TPSA) is 72.5 Å². The number of nitrogens with one attached hydrogen (secondary N) is 1. The third kappa shape index (κ3) is 4.68. The minimum absolute atomic E-state index is 0.404. The number of anilines is 1. The fraction of sp³-hybridized carbons (Fsp3) is 0.217. The average molecular weight is 372 g/mol. The standard InChI is InChI=1S/C23H24N4O/c24-23(27-21-10-9-19-7-4-8-20(19)14-21)26-15-18-11-12-25-22(13-18)28-16-17-5-2-1-3-6-17/h1-3,5-6,9-14H,4,7-8,15-16H2,(H3,24,26,27). The predicted octanol–water partition coefficient (Wildman–Crippen LogP) is 4.08. The maximum Gasteiger partial charge on any atom is 0.213 e. The van der Waals surface area contributed by atoms with E-state index in [1.54, 1.807) is 6.20 Å². The highest BCUT2D eigenvalue weighted by Crippen LogP contribution is 2.24. The summed E-state index contributed by atoms with van der Waals surface area (Å²) in [5.74, 6) is 0.989. The van der Waals surface area contributed by atoms with Gasteiger partial charge in [-0.05, 0) is 59.7 Å². The molecule has 0 bridgehead atoms. The number of aliphatic imine (C=N–C) groups is 1. The maximum absolute atomic E-state index is 6.06. The predicted molar refractivity (Wildman–Crippen MR) is 112 cm³/mol. The third-order valence-electron chi connectivity index (χ3n) is 4.83. The Bertz CT molecular complexity index is 969. The number of ether oxygens (including phenoxy) is 1. The van der Waals surface area contributed by atoms with Crippen molar-refractivity contribution < 1.29 is 4.74 Å². The molecule has 5 nitrogen and oxygen atoms in total. The molecule has 0 aliphatic heterocycles. The number of pyridine rings is 1. The lowest BCUT2D eigenvalue weighted by Crippen LogP contribution is -2.22. The fourth-order valence-electron chi connectivity index (χ4n) is 3.37. The molecule has 1 heterocycles. The third-order valence-corrected chi connectivity index (χ3v) is 4.83. The number of benzene rings is 2. The summed E-state index contributed by atoms with van der Waals surface area (Å²) in [4.78, 5) is 8.71. The van der Waals surface area contributed by atoms with Crippen molar-refractivity contribution in [1.82, 2.24) is 4.98 Å². The molecule has 0 unspecified atom stereocenters. The first-order chi connectivity index (χ1) is 13.8. The lowest BCUT2D eigenvalue weighted by Gasteiger charge is -2.09. The minimum Gasteiger partial charge on any atom is -0.473 e. The van der Waals surface area contributed by atoms with Gasteiger partial charge in [0, 0.05) is 18.0 Å². The smallest absolute Gasteiger partial charge is 0.213 e. The summed E-state index contributed by atoms with van der Waals surface area (Å²) in [5.41, 5.74) is 12.0. The molecular formula is C23H24N4O. The summed E-state index contributed by atoms with van der Waals surface area (Å²) in [6.07, 6.45) is 5.29. The van der Waals surface area contributed by atoms with Gasteiger partial charge < -0.3 is 15.8 Å². The van der Waals surface area contributed by atoms with E-state index in [1.807, 2.05) is 42.5 Å². The van der Waals surface area contributed by atoms with Gasteiger partial charge in [0.15, 0.2) is 5.96 Å². The van der Waals surface area contributed by atoms with Gasteiger partial charge >= 0.3 is 0 Å². The summed E-state index contributed by atoms with van der Waals surface area (Å²) in [6.45, 7) is 0.955. The zero-order chi connectivity index (χ0) is 19.2. The van der Waals surface area contributed by atoms with Gasteiger partial charge in [0.05, 0.1) is 6.54 Å². The number of fused-ring (bicyclic) bond motifs is 1. The minimum atomic E-state index is 0.404. The largest absolute Gasteiger partial charge is 0.473 e. The molecule has 2 aromatic carbocycles. The monoisotopic (exact) mass is 372 g/mol. The highest BCUT2D eigenvalue weighted by molar-refractivity contribution is 5.92. The second-order valence-electron chi connectivity index (χ2n) is 6.94. The van der Waals surface area contributed by atoms with Gasteiger partial charge in [-0.3, -0.25) is 0 Å². The van der Waals surface area contributed by atoms with Gasteiger partial charge in [-0.15, -0.1) is 0 Å². The Labute approximate surface area is 165 Å². The van der Waals surface area contributed by atoms with Gasteiger partial charge in [-0.1, -0.05) is 36.4 Å². The zero-order valence-corrected chi connectivity index (χ0v) is 15.8. The molecule has 0 amide bonds. The number of hydrogen-bond donors (Lipinski definition) is 2. The Morgan fingerprint density at radius 3 is 2.75 bits per heavy atom. The summed E-state index contributed by atoms with van der Waals surface area (Å²) >= 11 is 0. The molecule has 0 saturated heterocycles. The van der Waals surface area contributed by atoms with E-state index in [4.69, 9.17) is 10.5 Å². The Morgan fingerprint density at radius 1 is 1.00 bits per heavy atom. The van der Waals surface area contributed by atoms with Crippen LogP contribution in [0.15, 0.2) is 71.9 Å². The van der Waals surface area contributed by atoms with Crippen LogP contribution >= 0.6 is 0 Å². The molecule has 0 radical (unpaired) electrons. The highest BCUT2D eigenvalue weighted by Gasteiger charge is 2.10. The first-order valence-electron chi connectivity index (χ1n) is 9.57. The van der Waals surface area contributed by atoms with E-state index >= 15 is 0 Å². The molecule has 5 heteroatoms. The first kappa shape index (κ1) is 18.0. The molecule has 28 heavy (non-hydrogen) atoms. The maximum atomic E-state index is 6.06. The number of hydrogen-bond acceptors (Lipinski definition) is 3. The number of guanidine groups is 1. The molecule has 3 aromatic rings. The molecule has 142 valence electrons. The van der Waals surface area contributed by atoms with Crippen LogP contribution in [-0.2, 0) is 26.0 Å². The lowest BCUT2D eigenvalue weighted by atomic mass is 10.1. The molecule has 1 aliphatic rings. The van der Waals surface area contributed by atoms with Crippen LogP contribution in [0, 0.1) is 0 Å². The molecule has 0 fully saturated rings. The van der Waals surface area contributed by atoms with Crippen molar-refractivity contribution in [3.8, 4) is 5.88 Å². The second-order valence-corrected chi connectivity index (χ2v) is 6.94. The Hall–Kier alpha value is -3.34. The van der Waals surface area contributed by atoms with Crippen LogP contribution < -0.4 is 15.8 Å². The van der Waals surface area contributed by atoms with Crippen molar-refractivity contribution in [2.24, 2.45) is 10.7 Å². The molecule has 3 N–H and O–H groups in total. The van der Waals surface area contributed by atoms with E-state index in [0.29, 0.717) is 25.0 Å². The van der Waals surface area contributed by atoms with Crippen LogP contribution in [0.5, 0.6) is 5.88 Å². The van der Waals surface area contributed by atoms with Crippen LogP contribution in [-0.4, -0.2) is 10.9 Å². The molecule has 0 saturated carbocycles. The quantitative estimate of drug-likeness (QED) is 0.505. The van der Waals surface area contributed by atoms with Crippen molar-refractivity contribution in [3.63, 3.8) is 0 Å². The fourth-order valence-corrected chi connectivity index (χ4v) is 3.37. The van der Waals surface area contributed by atoms with E-state index in [1.165, 1.54) is 24.0 Å². The van der Waals surface area contributed by atoms with Crippen LogP contribution in [0.2, 0.25) is 0 Å². The normalized spacial score (nSPS) is 13.2. The van der Waals surface area contributed by atoms with Gasteiger partial charge in [-0.25, -0.2) is 9.98 Å². The molecule has 1 aromatic heterocycles. The Morgan fingerprint density at radius 2 is 1.86 bits per heavy atom. The summed E-state index contributed by atoms with van der Waals surface area (Å²) in [6, 6.07) is 20.3. The van der Waals surface area contributed by atoms with E-state index in [-0.39, 0.29) is 0 Å². The number of aromatic nitrogens is 1. The van der Waals surface area contributed by atoms with E-state index in [2.05, 4.69) is 33.5 Å².